The van der Waals surface area contributed by atoms with Gasteiger partial charge in [-0.05, 0) is 38.0 Å². The average molecular weight is 296 g/mol. The summed E-state index contributed by atoms with van der Waals surface area (Å²) >= 11 is 0. The van der Waals surface area contributed by atoms with Crippen molar-refractivity contribution in [1.29, 1.82) is 0 Å². The Morgan fingerprint density at radius 3 is 2.10 bits per heavy atom. The molecule has 0 aromatic heterocycles. The van der Waals surface area contributed by atoms with Crippen LogP contribution in [0.25, 0.3) is 0 Å². The molecule has 0 radical (unpaired) electrons. The van der Waals surface area contributed by atoms with Gasteiger partial charge in [0.1, 0.15) is 0 Å². The van der Waals surface area contributed by atoms with Crippen molar-refractivity contribution in [3.63, 3.8) is 0 Å². The standard InChI is InChI=1S/C18H36N2O/c1-16(2)19-14-18(8-6-4-5-7-9-18)15-20-12-10-17(3,21)11-13-20/h16,19,21H,4-15H2,1-3H3. The molecule has 0 aromatic carbocycles. The average Bonchev–Trinajstić information content (AvgIpc) is 2.65. The van der Waals surface area contributed by atoms with Crippen LogP contribution >= 0.6 is 0 Å². The molecule has 2 N–H and O–H groups in total. The van der Waals surface area contributed by atoms with Crippen LogP contribution in [0, 0.1) is 5.41 Å². The molecule has 0 amide bonds. The third kappa shape index (κ3) is 5.54. The maximum atomic E-state index is 10.1. The van der Waals surface area contributed by atoms with Gasteiger partial charge < -0.3 is 15.3 Å². The van der Waals surface area contributed by atoms with Crippen LogP contribution < -0.4 is 5.32 Å². The van der Waals surface area contributed by atoms with Crippen LogP contribution in [0.4, 0.5) is 0 Å². The summed E-state index contributed by atoms with van der Waals surface area (Å²) in [6.45, 7) is 11.0. The minimum Gasteiger partial charge on any atom is -0.390 e. The predicted octanol–water partition coefficient (Wildman–Crippen LogP) is 3.17. The summed E-state index contributed by atoms with van der Waals surface area (Å²) in [4.78, 5) is 2.62. The highest BCUT2D eigenvalue weighted by Gasteiger charge is 2.35. The second-order valence-corrected chi connectivity index (χ2v) is 8.22. The van der Waals surface area contributed by atoms with E-state index in [1.807, 2.05) is 6.92 Å². The third-order valence-electron chi connectivity index (χ3n) is 5.54. The Bertz CT molecular complexity index is 296. The molecule has 1 aliphatic carbocycles. The second-order valence-electron chi connectivity index (χ2n) is 8.22. The molecule has 1 saturated carbocycles. The number of rotatable bonds is 5. The number of nitrogens with zero attached hydrogens (tertiary/aromatic N) is 1. The van der Waals surface area contributed by atoms with Crippen molar-refractivity contribution in [1.82, 2.24) is 10.2 Å². The molecule has 124 valence electrons. The van der Waals surface area contributed by atoms with E-state index in [2.05, 4.69) is 24.1 Å². The van der Waals surface area contributed by atoms with Gasteiger partial charge >= 0.3 is 0 Å². The Kier molecular flexibility index (Phi) is 6.10. The molecular weight excluding hydrogens is 260 g/mol. The van der Waals surface area contributed by atoms with Gasteiger partial charge in [0, 0.05) is 32.2 Å². The van der Waals surface area contributed by atoms with E-state index in [9.17, 15) is 5.11 Å². The lowest BCUT2D eigenvalue weighted by Gasteiger charge is -2.43. The Morgan fingerprint density at radius 1 is 1.00 bits per heavy atom. The Morgan fingerprint density at radius 2 is 1.57 bits per heavy atom. The van der Waals surface area contributed by atoms with E-state index < -0.39 is 5.60 Å². The molecule has 2 aliphatic rings. The highest BCUT2D eigenvalue weighted by molar-refractivity contribution is 4.90. The summed E-state index contributed by atoms with van der Waals surface area (Å²) in [5.74, 6) is 0. The van der Waals surface area contributed by atoms with Crippen LogP contribution in [0.15, 0.2) is 0 Å². The van der Waals surface area contributed by atoms with Gasteiger partial charge in [-0.2, -0.15) is 0 Å². The summed E-state index contributed by atoms with van der Waals surface area (Å²) in [5, 5.41) is 13.9. The molecule has 0 spiro atoms. The van der Waals surface area contributed by atoms with Crippen LogP contribution in [0.1, 0.15) is 72.1 Å². The highest BCUT2D eigenvalue weighted by atomic mass is 16.3. The molecule has 3 heteroatoms. The topological polar surface area (TPSA) is 35.5 Å². The molecular formula is C18H36N2O. The number of nitrogens with one attached hydrogen (secondary N) is 1. The van der Waals surface area contributed by atoms with E-state index in [4.69, 9.17) is 0 Å². The fourth-order valence-electron chi connectivity index (χ4n) is 3.96. The maximum Gasteiger partial charge on any atom is 0.0644 e. The van der Waals surface area contributed by atoms with Gasteiger partial charge in [0.2, 0.25) is 0 Å². The lowest BCUT2D eigenvalue weighted by Crippen LogP contribution is -2.50. The van der Waals surface area contributed by atoms with Crippen LogP contribution in [0.3, 0.4) is 0 Å². The van der Waals surface area contributed by atoms with E-state index in [1.165, 1.54) is 45.1 Å². The van der Waals surface area contributed by atoms with Crippen molar-refractivity contribution >= 4 is 0 Å². The lowest BCUT2D eigenvalue weighted by molar-refractivity contribution is -0.0178. The van der Waals surface area contributed by atoms with Gasteiger partial charge in [0.05, 0.1) is 5.60 Å². The maximum absolute atomic E-state index is 10.1. The van der Waals surface area contributed by atoms with E-state index in [0.29, 0.717) is 11.5 Å². The summed E-state index contributed by atoms with van der Waals surface area (Å²) in [7, 11) is 0. The van der Waals surface area contributed by atoms with Gasteiger partial charge in [0.15, 0.2) is 0 Å². The van der Waals surface area contributed by atoms with Gasteiger partial charge in [-0.25, -0.2) is 0 Å². The predicted molar refractivity (Wildman–Crippen MR) is 89.6 cm³/mol. The molecule has 0 unspecified atom stereocenters. The number of hydrogen-bond acceptors (Lipinski definition) is 3. The van der Waals surface area contributed by atoms with Crippen molar-refractivity contribution in [2.45, 2.75) is 83.8 Å². The van der Waals surface area contributed by atoms with E-state index >= 15 is 0 Å². The van der Waals surface area contributed by atoms with Crippen molar-refractivity contribution in [3.05, 3.63) is 0 Å². The smallest absolute Gasteiger partial charge is 0.0644 e. The fraction of sp³-hybridized carbons (Fsp3) is 1.00. The number of piperidine rings is 1. The first-order chi connectivity index (χ1) is 9.91. The number of aliphatic hydroxyl groups is 1. The molecule has 3 nitrogen and oxygen atoms in total. The van der Waals surface area contributed by atoms with Gasteiger partial charge in [-0.15, -0.1) is 0 Å². The first-order valence-electron chi connectivity index (χ1n) is 9.09. The Hall–Kier alpha value is -0.120. The van der Waals surface area contributed by atoms with Crippen molar-refractivity contribution in [2.24, 2.45) is 5.41 Å². The molecule has 1 saturated heterocycles. The number of hydrogen-bond donors (Lipinski definition) is 2. The summed E-state index contributed by atoms with van der Waals surface area (Å²) in [5.41, 5.74) is 0.0350. The van der Waals surface area contributed by atoms with Crippen LogP contribution in [-0.2, 0) is 0 Å². The molecule has 2 fully saturated rings. The van der Waals surface area contributed by atoms with E-state index in [1.54, 1.807) is 0 Å². The minimum absolute atomic E-state index is 0.427. The molecule has 2 rings (SSSR count). The zero-order valence-electron chi connectivity index (χ0n) is 14.5. The normalized spacial score (nSPS) is 26.7. The quantitative estimate of drug-likeness (QED) is 0.765. The monoisotopic (exact) mass is 296 g/mol. The fourth-order valence-corrected chi connectivity index (χ4v) is 3.96. The molecule has 1 heterocycles. The molecule has 0 aromatic rings. The molecule has 0 atom stereocenters. The first kappa shape index (κ1) is 17.2. The molecule has 21 heavy (non-hydrogen) atoms. The largest absolute Gasteiger partial charge is 0.390 e. The lowest BCUT2D eigenvalue weighted by atomic mass is 9.78. The zero-order valence-corrected chi connectivity index (χ0v) is 14.5. The minimum atomic E-state index is -0.427. The Balaban J connectivity index is 1.94. The molecule has 1 aliphatic heterocycles. The van der Waals surface area contributed by atoms with Gasteiger partial charge in [-0.1, -0.05) is 39.5 Å². The van der Waals surface area contributed by atoms with Gasteiger partial charge in [-0.3, -0.25) is 0 Å². The Labute approximate surface area is 131 Å². The highest BCUT2D eigenvalue weighted by Crippen LogP contribution is 2.36. The second kappa shape index (κ2) is 7.43. The van der Waals surface area contributed by atoms with Crippen LogP contribution in [-0.4, -0.2) is 47.8 Å². The van der Waals surface area contributed by atoms with Crippen LogP contribution in [0.2, 0.25) is 0 Å². The first-order valence-corrected chi connectivity index (χ1v) is 9.09. The van der Waals surface area contributed by atoms with Crippen molar-refractivity contribution < 1.29 is 5.11 Å². The summed E-state index contributed by atoms with van der Waals surface area (Å²) < 4.78 is 0. The van der Waals surface area contributed by atoms with Crippen LogP contribution in [0.5, 0.6) is 0 Å². The molecule has 0 bridgehead atoms. The number of likely N-dealkylation sites (tertiary alicyclic amines) is 1. The summed E-state index contributed by atoms with van der Waals surface area (Å²) in [6.07, 6.45) is 10.2. The van der Waals surface area contributed by atoms with E-state index in [0.717, 1.165) is 32.5 Å². The third-order valence-corrected chi connectivity index (χ3v) is 5.54. The van der Waals surface area contributed by atoms with Crippen molar-refractivity contribution in [3.8, 4) is 0 Å². The zero-order chi connectivity index (χ0) is 15.3. The van der Waals surface area contributed by atoms with Gasteiger partial charge in [0.25, 0.3) is 0 Å². The summed E-state index contributed by atoms with van der Waals surface area (Å²) in [6, 6.07) is 0.576. The SMILES string of the molecule is CC(C)NCC1(CN2CCC(C)(O)CC2)CCCCCC1. The van der Waals surface area contributed by atoms with Crippen molar-refractivity contribution in [2.75, 3.05) is 26.2 Å². The van der Waals surface area contributed by atoms with E-state index in [-0.39, 0.29) is 0 Å².